The zero-order valence-corrected chi connectivity index (χ0v) is 22.2. The van der Waals surface area contributed by atoms with Crippen molar-refractivity contribution in [3.63, 3.8) is 0 Å². The Bertz CT molecular complexity index is 891. The standard InChI is InChI=1S/C13H9.2C6H5.2C2H6O.CH3.Zr/c1-3-7-12-10(5-1)9-11-6-2-4-8-13(11)12;2*1-2-4-6-5-3-1;2*1-2-3;;/h1-9H;2*1-5H;2*3H,2H2,1H3;1H3;/q3*-1;;;-1;+4. The minimum Gasteiger partial charge on any atom is -0.397 e. The smallest absolute Gasteiger partial charge is 0.397 e. The fraction of sp³-hybridized carbons (Fsp3) is 0.133. The summed E-state index contributed by atoms with van der Waals surface area (Å²) in [4.78, 5) is 0. The molecule has 5 aromatic carbocycles. The third-order valence-electron chi connectivity index (χ3n) is 3.74. The first-order valence-corrected chi connectivity index (χ1v) is 10.4. The van der Waals surface area contributed by atoms with Crippen LogP contribution < -0.4 is 0 Å². The molecule has 0 saturated carbocycles. The largest absolute Gasteiger partial charge is 4.00 e. The minimum atomic E-state index is 0. The van der Waals surface area contributed by atoms with Gasteiger partial charge in [0, 0.05) is 13.2 Å². The van der Waals surface area contributed by atoms with Gasteiger partial charge in [-0.25, -0.2) is 0 Å². The molecular weight excluding hydrogens is 484 g/mol. The van der Waals surface area contributed by atoms with E-state index in [-0.39, 0.29) is 46.8 Å². The van der Waals surface area contributed by atoms with Gasteiger partial charge in [-0.05, 0) is 13.8 Å². The van der Waals surface area contributed by atoms with Crippen molar-refractivity contribution < 1.29 is 36.4 Å². The molecule has 0 radical (unpaired) electrons. The van der Waals surface area contributed by atoms with Crippen molar-refractivity contribution in [2.24, 2.45) is 0 Å². The van der Waals surface area contributed by atoms with Crippen molar-refractivity contribution in [1.29, 1.82) is 0 Å². The predicted octanol–water partition coefficient (Wildman–Crippen LogP) is 7.13. The van der Waals surface area contributed by atoms with E-state index in [1.54, 1.807) is 13.8 Å². The van der Waals surface area contributed by atoms with E-state index in [2.05, 4.69) is 66.7 Å². The quantitative estimate of drug-likeness (QED) is 0.215. The summed E-state index contributed by atoms with van der Waals surface area (Å²) in [6, 6.07) is 44.3. The summed E-state index contributed by atoms with van der Waals surface area (Å²) in [7, 11) is 0. The van der Waals surface area contributed by atoms with Crippen LogP contribution in [0.15, 0.2) is 115 Å². The summed E-state index contributed by atoms with van der Waals surface area (Å²) in [5, 5.41) is 20.5. The fourth-order valence-electron chi connectivity index (χ4n) is 2.59. The van der Waals surface area contributed by atoms with Crippen LogP contribution in [0.4, 0.5) is 0 Å². The van der Waals surface area contributed by atoms with Crippen LogP contribution in [0.3, 0.4) is 0 Å². The monoisotopic (exact) mass is 516 g/mol. The van der Waals surface area contributed by atoms with Crippen LogP contribution in [0.25, 0.3) is 21.5 Å². The number of rotatable bonds is 0. The summed E-state index contributed by atoms with van der Waals surface area (Å²) >= 11 is 0. The first kappa shape index (κ1) is 32.7. The second-order valence-electron chi connectivity index (χ2n) is 6.11. The van der Waals surface area contributed by atoms with Crippen molar-refractivity contribution >= 4 is 21.5 Å². The molecule has 0 fully saturated rings. The molecule has 0 aliphatic carbocycles. The molecule has 0 amide bonds. The van der Waals surface area contributed by atoms with Crippen LogP contribution in [0, 0.1) is 19.6 Å². The van der Waals surface area contributed by atoms with Crippen LogP contribution in [0.1, 0.15) is 13.8 Å². The van der Waals surface area contributed by atoms with E-state index in [0.717, 1.165) is 0 Å². The van der Waals surface area contributed by atoms with E-state index in [4.69, 9.17) is 10.2 Å². The molecule has 0 aliphatic rings. The molecule has 0 aromatic heterocycles. The average molecular weight is 518 g/mol. The minimum absolute atomic E-state index is 0. The maximum Gasteiger partial charge on any atom is 4.00 e. The van der Waals surface area contributed by atoms with Gasteiger partial charge in [0.1, 0.15) is 0 Å². The van der Waals surface area contributed by atoms with Gasteiger partial charge < -0.3 is 17.6 Å². The number of fused-ring (bicyclic) bond motifs is 3. The Labute approximate surface area is 219 Å². The third-order valence-corrected chi connectivity index (χ3v) is 3.74. The van der Waals surface area contributed by atoms with Gasteiger partial charge in [-0.3, -0.25) is 0 Å². The van der Waals surface area contributed by atoms with Gasteiger partial charge in [0.25, 0.3) is 0 Å². The molecule has 0 spiro atoms. The molecular formula is C30H34O2Zr. The molecule has 0 saturated heterocycles. The molecule has 170 valence electrons. The number of aliphatic hydroxyl groups excluding tert-OH is 2. The van der Waals surface area contributed by atoms with E-state index in [1.165, 1.54) is 21.5 Å². The maximum absolute atomic E-state index is 7.57. The van der Waals surface area contributed by atoms with Crippen molar-refractivity contribution in [2.45, 2.75) is 13.8 Å². The molecule has 0 aliphatic heterocycles. The van der Waals surface area contributed by atoms with Crippen LogP contribution >= 0.6 is 0 Å². The van der Waals surface area contributed by atoms with Gasteiger partial charge in [-0.1, -0.05) is 36.4 Å². The Balaban J connectivity index is 0. The van der Waals surface area contributed by atoms with Gasteiger partial charge in [0.15, 0.2) is 0 Å². The van der Waals surface area contributed by atoms with E-state index in [0.29, 0.717) is 0 Å². The number of hydrogen-bond donors (Lipinski definition) is 2. The van der Waals surface area contributed by atoms with Crippen LogP contribution in [-0.4, -0.2) is 23.4 Å². The first-order chi connectivity index (χ1) is 15.3. The van der Waals surface area contributed by atoms with E-state index in [1.807, 2.05) is 60.7 Å². The SMILES string of the molecule is CCO.CCO.[CH3-].[Zr+4].[c-]1ccccc1.[c-]1ccccc1.c1ccc2c(c1)[cH-]c1ccccc12. The van der Waals surface area contributed by atoms with Gasteiger partial charge in [-0.2, -0.15) is 72.8 Å². The van der Waals surface area contributed by atoms with Gasteiger partial charge in [-0.15, -0.1) is 39.7 Å². The maximum atomic E-state index is 7.57. The van der Waals surface area contributed by atoms with E-state index in [9.17, 15) is 0 Å². The van der Waals surface area contributed by atoms with Gasteiger partial charge in [0.05, 0.1) is 0 Å². The van der Waals surface area contributed by atoms with E-state index < -0.39 is 0 Å². The summed E-state index contributed by atoms with van der Waals surface area (Å²) < 4.78 is 0. The fourth-order valence-corrected chi connectivity index (χ4v) is 2.59. The molecule has 5 aromatic rings. The Kier molecular flexibility index (Phi) is 22.6. The van der Waals surface area contributed by atoms with Gasteiger partial charge in [0.2, 0.25) is 0 Å². The Morgan fingerprint density at radius 1 is 0.576 bits per heavy atom. The van der Waals surface area contributed by atoms with Crippen molar-refractivity contribution in [3.05, 3.63) is 135 Å². The second kappa shape index (κ2) is 22.7. The normalized spacial score (nSPS) is 8.36. The molecule has 2 N–H and O–H groups in total. The molecule has 2 nitrogen and oxygen atoms in total. The molecule has 0 unspecified atom stereocenters. The summed E-state index contributed by atoms with van der Waals surface area (Å²) in [5.41, 5.74) is 0. The molecule has 3 heteroatoms. The molecule has 0 bridgehead atoms. The Morgan fingerprint density at radius 2 is 0.879 bits per heavy atom. The average Bonchev–Trinajstić information content (AvgIpc) is 3.22. The topological polar surface area (TPSA) is 40.5 Å². The summed E-state index contributed by atoms with van der Waals surface area (Å²) in [6.07, 6.45) is 0. The van der Waals surface area contributed by atoms with Crippen molar-refractivity contribution in [3.8, 4) is 0 Å². The van der Waals surface area contributed by atoms with Gasteiger partial charge >= 0.3 is 26.2 Å². The first-order valence-electron chi connectivity index (χ1n) is 10.4. The van der Waals surface area contributed by atoms with E-state index >= 15 is 0 Å². The number of benzene rings is 4. The summed E-state index contributed by atoms with van der Waals surface area (Å²) in [5.74, 6) is 0. The third kappa shape index (κ3) is 14.3. The number of aliphatic hydroxyl groups is 2. The van der Waals surface area contributed by atoms with Crippen molar-refractivity contribution in [1.82, 2.24) is 0 Å². The Hall–Kier alpha value is -2.45. The van der Waals surface area contributed by atoms with Crippen LogP contribution in [0.5, 0.6) is 0 Å². The number of hydrogen-bond acceptors (Lipinski definition) is 2. The van der Waals surface area contributed by atoms with Crippen LogP contribution in [-0.2, 0) is 26.2 Å². The zero-order valence-electron chi connectivity index (χ0n) is 19.8. The zero-order chi connectivity index (χ0) is 22.6. The van der Waals surface area contributed by atoms with Crippen molar-refractivity contribution in [2.75, 3.05) is 13.2 Å². The molecule has 0 heterocycles. The predicted molar refractivity (Wildman–Crippen MR) is 140 cm³/mol. The molecule has 33 heavy (non-hydrogen) atoms. The second-order valence-corrected chi connectivity index (χ2v) is 6.11. The Morgan fingerprint density at radius 3 is 1.12 bits per heavy atom. The molecule has 5 rings (SSSR count). The van der Waals surface area contributed by atoms with Crippen LogP contribution in [0.2, 0.25) is 0 Å². The summed E-state index contributed by atoms with van der Waals surface area (Å²) in [6.45, 7) is 3.86. The molecule has 0 atom stereocenters.